The van der Waals surface area contributed by atoms with Gasteiger partial charge in [0.1, 0.15) is 5.76 Å². The largest absolute Gasteiger partial charge is 0.467 e. The van der Waals surface area contributed by atoms with Crippen LogP contribution in [0.4, 0.5) is 0 Å². The van der Waals surface area contributed by atoms with Crippen molar-refractivity contribution in [2.45, 2.75) is 31.0 Å². The molecule has 0 spiro atoms. The maximum absolute atomic E-state index is 11.9. The average molecular weight is 385 g/mol. The third kappa shape index (κ3) is 5.08. The summed E-state index contributed by atoms with van der Waals surface area (Å²) in [5, 5.41) is 10.9. The number of amides is 1. The van der Waals surface area contributed by atoms with Crippen LogP contribution in [-0.2, 0) is 21.1 Å². The molecule has 0 bridgehead atoms. The van der Waals surface area contributed by atoms with E-state index in [9.17, 15) is 13.2 Å². The summed E-state index contributed by atoms with van der Waals surface area (Å²) in [6, 6.07) is 3.35. The number of thioether (sulfide) groups is 1. The van der Waals surface area contributed by atoms with Gasteiger partial charge in [-0.15, -0.1) is 10.2 Å². The van der Waals surface area contributed by atoms with Gasteiger partial charge >= 0.3 is 0 Å². The van der Waals surface area contributed by atoms with Crippen LogP contribution in [0, 0.1) is 5.92 Å². The van der Waals surface area contributed by atoms with Crippen molar-refractivity contribution in [1.82, 2.24) is 15.5 Å². The first kappa shape index (κ1) is 18.0. The van der Waals surface area contributed by atoms with Crippen LogP contribution in [0.1, 0.15) is 31.0 Å². The predicted molar refractivity (Wildman–Crippen MR) is 90.8 cm³/mol. The molecule has 1 fully saturated rings. The van der Waals surface area contributed by atoms with Crippen LogP contribution in [0.2, 0.25) is 0 Å². The first-order valence-corrected chi connectivity index (χ1v) is 10.7. The Balaban J connectivity index is 1.44. The number of hydrogen-bond donors (Lipinski definition) is 1. The number of carbonyl (C=O) groups is 1. The van der Waals surface area contributed by atoms with Gasteiger partial charge in [0.2, 0.25) is 11.8 Å². The van der Waals surface area contributed by atoms with E-state index in [1.54, 1.807) is 18.4 Å². The van der Waals surface area contributed by atoms with Gasteiger partial charge in [-0.3, -0.25) is 4.79 Å². The van der Waals surface area contributed by atoms with Crippen molar-refractivity contribution < 1.29 is 22.0 Å². The van der Waals surface area contributed by atoms with Crippen LogP contribution in [0.25, 0.3) is 0 Å². The Hall–Kier alpha value is -1.81. The van der Waals surface area contributed by atoms with E-state index in [1.807, 2.05) is 6.92 Å². The van der Waals surface area contributed by atoms with E-state index < -0.39 is 9.84 Å². The monoisotopic (exact) mass is 385 g/mol. The lowest BCUT2D eigenvalue weighted by Gasteiger charge is -2.10. The standard InChI is InChI=1S/C15H19N3O5S2/c1-10(12-3-2-5-22-12)16-13(19)8-24-15-18-17-14(23-15)7-11-4-6-25(20,21)9-11/h2-3,5,10-11H,4,6-9H2,1H3,(H,16,19)/t10-,11+/m0/s1. The van der Waals surface area contributed by atoms with E-state index in [-0.39, 0.29) is 35.1 Å². The lowest BCUT2D eigenvalue weighted by Crippen LogP contribution is -2.27. The molecule has 0 aliphatic carbocycles. The second-order valence-electron chi connectivity index (χ2n) is 6.03. The molecule has 136 valence electrons. The molecule has 0 aromatic carbocycles. The molecule has 2 aromatic rings. The fourth-order valence-electron chi connectivity index (χ4n) is 2.68. The van der Waals surface area contributed by atoms with Gasteiger partial charge in [0.05, 0.1) is 29.6 Å². The van der Waals surface area contributed by atoms with Crippen LogP contribution in [0.3, 0.4) is 0 Å². The Morgan fingerprint density at radius 2 is 2.32 bits per heavy atom. The predicted octanol–water partition coefficient (Wildman–Crippen LogP) is 1.61. The molecule has 2 aromatic heterocycles. The molecule has 10 heteroatoms. The maximum Gasteiger partial charge on any atom is 0.277 e. The SMILES string of the molecule is C[C@H](NC(=O)CSc1nnc(C[C@H]2CCS(=O)(=O)C2)o1)c1ccco1. The van der Waals surface area contributed by atoms with Crippen molar-refractivity contribution in [2.75, 3.05) is 17.3 Å². The van der Waals surface area contributed by atoms with Crippen molar-refractivity contribution in [2.24, 2.45) is 5.92 Å². The first-order chi connectivity index (χ1) is 11.9. The van der Waals surface area contributed by atoms with E-state index in [1.165, 1.54) is 0 Å². The van der Waals surface area contributed by atoms with Crippen LogP contribution in [-0.4, -0.2) is 41.8 Å². The van der Waals surface area contributed by atoms with Gasteiger partial charge in [0.15, 0.2) is 9.84 Å². The van der Waals surface area contributed by atoms with Crippen molar-refractivity contribution >= 4 is 27.5 Å². The molecule has 1 N–H and O–H groups in total. The first-order valence-electron chi connectivity index (χ1n) is 7.89. The van der Waals surface area contributed by atoms with Gasteiger partial charge in [0, 0.05) is 6.42 Å². The minimum Gasteiger partial charge on any atom is -0.467 e. The number of nitrogens with zero attached hydrogens (tertiary/aromatic N) is 2. The second-order valence-corrected chi connectivity index (χ2v) is 9.18. The number of carbonyl (C=O) groups excluding carboxylic acids is 1. The normalized spacial score (nSPS) is 20.4. The Labute approximate surface area is 149 Å². The van der Waals surface area contributed by atoms with Gasteiger partial charge in [-0.1, -0.05) is 11.8 Å². The number of hydrogen-bond acceptors (Lipinski definition) is 8. The Kier molecular flexibility index (Phi) is 5.48. The zero-order valence-electron chi connectivity index (χ0n) is 13.7. The minimum absolute atomic E-state index is 0.0285. The third-order valence-corrected chi connectivity index (χ3v) is 6.57. The number of aromatic nitrogens is 2. The van der Waals surface area contributed by atoms with Gasteiger partial charge < -0.3 is 14.2 Å². The molecule has 8 nitrogen and oxygen atoms in total. The average Bonchev–Trinajstić information content (AvgIpc) is 3.27. The van der Waals surface area contributed by atoms with Gasteiger partial charge in [0.25, 0.3) is 5.22 Å². The lowest BCUT2D eigenvalue weighted by atomic mass is 10.1. The molecule has 0 unspecified atom stereocenters. The molecule has 1 amide bonds. The second kappa shape index (κ2) is 7.61. The van der Waals surface area contributed by atoms with E-state index in [4.69, 9.17) is 8.83 Å². The molecular weight excluding hydrogens is 366 g/mol. The smallest absolute Gasteiger partial charge is 0.277 e. The summed E-state index contributed by atoms with van der Waals surface area (Å²) in [5.74, 6) is 1.49. The van der Waals surface area contributed by atoms with Crippen molar-refractivity contribution in [3.8, 4) is 0 Å². The molecule has 1 aliphatic rings. The van der Waals surface area contributed by atoms with Crippen LogP contribution < -0.4 is 5.32 Å². The van der Waals surface area contributed by atoms with Crippen LogP contribution in [0.15, 0.2) is 32.5 Å². The zero-order chi connectivity index (χ0) is 17.9. The minimum atomic E-state index is -2.92. The van der Waals surface area contributed by atoms with Gasteiger partial charge in [-0.05, 0) is 31.4 Å². The fourth-order valence-corrected chi connectivity index (χ4v) is 5.13. The number of sulfone groups is 1. The Morgan fingerprint density at radius 3 is 3.00 bits per heavy atom. The van der Waals surface area contributed by atoms with E-state index in [2.05, 4.69) is 15.5 Å². The Morgan fingerprint density at radius 1 is 1.48 bits per heavy atom. The summed E-state index contributed by atoms with van der Waals surface area (Å²) in [7, 11) is -2.92. The highest BCUT2D eigenvalue weighted by atomic mass is 32.2. The Bertz CT molecular complexity index is 816. The summed E-state index contributed by atoms with van der Waals surface area (Å²) in [6.45, 7) is 1.84. The molecule has 3 rings (SSSR count). The molecule has 0 radical (unpaired) electrons. The summed E-state index contributed by atoms with van der Waals surface area (Å²) in [5.41, 5.74) is 0. The lowest BCUT2D eigenvalue weighted by molar-refractivity contribution is -0.119. The molecule has 1 saturated heterocycles. The highest BCUT2D eigenvalue weighted by Gasteiger charge is 2.29. The third-order valence-electron chi connectivity index (χ3n) is 3.91. The van der Waals surface area contributed by atoms with E-state index in [0.717, 1.165) is 11.8 Å². The molecule has 0 saturated carbocycles. The van der Waals surface area contributed by atoms with Gasteiger partial charge in [-0.2, -0.15) is 0 Å². The molecule has 25 heavy (non-hydrogen) atoms. The van der Waals surface area contributed by atoms with Crippen molar-refractivity contribution in [3.63, 3.8) is 0 Å². The summed E-state index contributed by atoms with van der Waals surface area (Å²) in [4.78, 5) is 11.9. The summed E-state index contributed by atoms with van der Waals surface area (Å²) < 4.78 is 33.7. The molecule has 1 aliphatic heterocycles. The highest BCUT2D eigenvalue weighted by Crippen LogP contribution is 2.24. The van der Waals surface area contributed by atoms with E-state index >= 15 is 0 Å². The van der Waals surface area contributed by atoms with E-state index in [0.29, 0.717) is 29.7 Å². The van der Waals surface area contributed by atoms with Crippen molar-refractivity contribution in [1.29, 1.82) is 0 Å². The molecule has 2 atom stereocenters. The maximum atomic E-state index is 11.9. The molecule has 3 heterocycles. The summed E-state index contributed by atoms with van der Waals surface area (Å²) >= 11 is 1.15. The quantitative estimate of drug-likeness (QED) is 0.715. The number of nitrogens with one attached hydrogen (secondary N) is 1. The fraction of sp³-hybridized carbons (Fsp3) is 0.533. The topological polar surface area (TPSA) is 115 Å². The van der Waals surface area contributed by atoms with Crippen LogP contribution in [0.5, 0.6) is 0 Å². The number of rotatable bonds is 7. The summed E-state index contributed by atoms with van der Waals surface area (Å²) in [6.07, 6.45) is 2.64. The highest BCUT2D eigenvalue weighted by molar-refractivity contribution is 7.99. The van der Waals surface area contributed by atoms with Crippen LogP contribution >= 0.6 is 11.8 Å². The van der Waals surface area contributed by atoms with Crippen molar-refractivity contribution in [3.05, 3.63) is 30.0 Å². The molecular formula is C15H19N3O5S2. The zero-order valence-corrected chi connectivity index (χ0v) is 15.3. The number of furan rings is 1. The van der Waals surface area contributed by atoms with Gasteiger partial charge in [-0.25, -0.2) is 8.42 Å².